The summed E-state index contributed by atoms with van der Waals surface area (Å²) in [5.41, 5.74) is 1.87. The SMILES string of the molecule is O=C(Cn1cncn1)N1CCC(c2ccc3cccnc3n2)CC1. The van der Waals surface area contributed by atoms with Gasteiger partial charge in [0, 0.05) is 36.3 Å². The second-order valence-electron chi connectivity index (χ2n) is 6.03. The Balaban J connectivity index is 1.40. The first-order chi connectivity index (χ1) is 11.8. The van der Waals surface area contributed by atoms with E-state index < -0.39 is 0 Å². The van der Waals surface area contributed by atoms with E-state index in [9.17, 15) is 4.79 Å². The van der Waals surface area contributed by atoms with Crippen molar-refractivity contribution in [2.45, 2.75) is 25.3 Å². The van der Waals surface area contributed by atoms with Crippen molar-refractivity contribution in [2.24, 2.45) is 0 Å². The predicted molar refractivity (Wildman–Crippen MR) is 88.1 cm³/mol. The van der Waals surface area contributed by atoms with Crippen LogP contribution in [-0.4, -0.2) is 48.6 Å². The van der Waals surface area contributed by atoms with Crippen LogP contribution in [0.5, 0.6) is 0 Å². The van der Waals surface area contributed by atoms with E-state index in [2.05, 4.69) is 27.2 Å². The molecule has 0 spiro atoms. The maximum Gasteiger partial charge on any atom is 0.244 e. The zero-order chi connectivity index (χ0) is 16.4. The van der Waals surface area contributed by atoms with Gasteiger partial charge in [0.15, 0.2) is 5.65 Å². The van der Waals surface area contributed by atoms with Gasteiger partial charge in [-0.1, -0.05) is 0 Å². The Morgan fingerprint density at radius 3 is 2.88 bits per heavy atom. The lowest BCUT2D eigenvalue weighted by atomic mass is 9.93. The summed E-state index contributed by atoms with van der Waals surface area (Å²) in [6.45, 7) is 1.75. The Morgan fingerprint density at radius 2 is 2.08 bits per heavy atom. The number of likely N-dealkylation sites (tertiary alicyclic amines) is 1. The van der Waals surface area contributed by atoms with Crippen LogP contribution in [0.2, 0.25) is 0 Å². The fraction of sp³-hybridized carbons (Fsp3) is 0.353. The van der Waals surface area contributed by atoms with Crippen LogP contribution in [-0.2, 0) is 11.3 Å². The minimum absolute atomic E-state index is 0.0899. The van der Waals surface area contributed by atoms with Crippen LogP contribution in [0.3, 0.4) is 0 Å². The number of pyridine rings is 2. The Bertz CT molecular complexity index is 839. The maximum atomic E-state index is 12.3. The molecule has 0 bridgehead atoms. The Hall–Kier alpha value is -2.83. The molecule has 0 radical (unpaired) electrons. The van der Waals surface area contributed by atoms with Gasteiger partial charge in [0.25, 0.3) is 0 Å². The van der Waals surface area contributed by atoms with Crippen molar-refractivity contribution in [3.05, 3.63) is 48.8 Å². The van der Waals surface area contributed by atoms with Crippen molar-refractivity contribution < 1.29 is 4.79 Å². The van der Waals surface area contributed by atoms with Crippen LogP contribution in [0.1, 0.15) is 24.5 Å². The molecule has 0 unspecified atom stereocenters. The van der Waals surface area contributed by atoms with Gasteiger partial charge >= 0.3 is 0 Å². The number of fused-ring (bicyclic) bond motifs is 1. The molecule has 0 aromatic carbocycles. The average Bonchev–Trinajstić information content (AvgIpc) is 3.14. The van der Waals surface area contributed by atoms with Crippen molar-refractivity contribution in [1.29, 1.82) is 0 Å². The van der Waals surface area contributed by atoms with Crippen LogP contribution in [0.25, 0.3) is 11.0 Å². The van der Waals surface area contributed by atoms with E-state index >= 15 is 0 Å². The number of aromatic nitrogens is 5. The van der Waals surface area contributed by atoms with Crippen molar-refractivity contribution in [2.75, 3.05) is 13.1 Å². The minimum Gasteiger partial charge on any atom is -0.341 e. The lowest BCUT2D eigenvalue weighted by molar-refractivity contribution is -0.133. The third-order valence-corrected chi connectivity index (χ3v) is 4.52. The topological polar surface area (TPSA) is 76.8 Å². The molecular weight excluding hydrogens is 304 g/mol. The summed E-state index contributed by atoms with van der Waals surface area (Å²) in [5.74, 6) is 0.471. The van der Waals surface area contributed by atoms with Crippen molar-refractivity contribution in [3.8, 4) is 0 Å². The molecule has 7 nitrogen and oxygen atoms in total. The molecule has 0 N–H and O–H groups in total. The maximum absolute atomic E-state index is 12.3. The highest BCUT2D eigenvalue weighted by Gasteiger charge is 2.25. The molecular formula is C17H18N6O. The van der Waals surface area contributed by atoms with Crippen LogP contribution in [0.4, 0.5) is 0 Å². The van der Waals surface area contributed by atoms with Gasteiger partial charge in [0.05, 0.1) is 0 Å². The second kappa shape index (κ2) is 6.35. The summed E-state index contributed by atoms with van der Waals surface area (Å²) < 4.78 is 1.56. The quantitative estimate of drug-likeness (QED) is 0.732. The molecule has 0 aliphatic carbocycles. The van der Waals surface area contributed by atoms with Crippen molar-refractivity contribution in [1.82, 2.24) is 29.6 Å². The van der Waals surface area contributed by atoms with Crippen LogP contribution in [0.15, 0.2) is 43.1 Å². The molecule has 1 amide bonds. The average molecular weight is 322 g/mol. The molecule has 0 atom stereocenters. The normalized spacial score (nSPS) is 15.8. The highest BCUT2D eigenvalue weighted by molar-refractivity contribution is 5.76. The van der Waals surface area contributed by atoms with E-state index in [0.717, 1.165) is 42.7 Å². The van der Waals surface area contributed by atoms with Gasteiger partial charge in [0.1, 0.15) is 19.2 Å². The van der Waals surface area contributed by atoms with Crippen molar-refractivity contribution in [3.63, 3.8) is 0 Å². The van der Waals surface area contributed by atoms with Gasteiger partial charge < -0.3 is 4.90 Å². The molecule has 4 rings (SSSR count). The minimum atomic E-state index is 0.0899. The lowest BCUT2D eigenvalue weighted by Crippen LogP contribution is -2.40. The van der Waals surface area contributed by atoms with Gasteiger partial charge in [0.2, 0.25) is 5.91 Å². The largest absolute Gasteiger partial charge is 0.341 e. The van der Waals surface area contributed by atoms with Gasteiger partial charge in [-0.15, -0.1) is 0 Å². The van der Waals surface area contributed by atoms with E-state index in [1.807, 2.05) is 17.0 Å². The molecule has 4 heterocycles. The zero-order valence-electron chi connectivity index (χ0n) is 13.2. The first kappa shape index (κ1) is 14.7. The number of amides is 1. The molecule has 1 aliphatic heterocycles. The molecule has 122 valence electrons. The number of nitrogens with zero attached hydrogens (tertiary/aromatic N) is 6. The van der Waals surface area contributed by atoms with E-state index in [1.54, 1.807) is 17.2 Å². The predicted octanol–water partition coefficient (Wildman–Crippen LogP) is 1.63. The Morgan fingerprint density at radius 1 is 1.21 bits per heavy atom. The fourth-order valence-corrected chi connectivity index (χ4v) is 3.17. The van der Waals surface area contributed by atoms with Crippen LogP contribution >= 0.6 is 0 Å². The molecule has 3 aromatic heterocycles. The summed E-state index contributed by atoms with van der Waals surface area (Å²) in [6, 6.07) is 8.10. The summed E-state index contributed by atoms with van der Waals surface area (Å²) in [7, 11) is 0. The summed E-state index contributed by atoms with van der Waals surface area (Å²) in [6.07, 6.45) is 6.63. The molecule has 1 fully saturated rings. The van der Waals surface area contributed by atoms with Crippen LogP contribution in [0, 0.1) is 0 Å². The van der Waals surface area contributed by atoms with Gasteiger partial charge in [-0.3, -0.25) is 4.79 Å². The van der Waals surface area contributed by atoms with Crippen LogP contribution < -0.4 is 0 Å². The van der Waals surface area contributed by atoms with Gasteiger partial charge in [-0.2, -0.15) is 5.10 Å². The highest BCUT2D eigenvalue weighted by Crippen LogP contribution is 2.27. The van der Waals surface area contributed by atoms with E-state index in [0.29, 0.717) is 5.92 Å². The molecule has 1 aliphatic rings. The monoisotopic (exact) mass is 322 g/mol. The van der Waals surface area contributed by atoms with E-state index in [-0.39, 0.29) is 12.5 Å². The second-order valence-corrected chi connectivity index (χ2v) is 6.03. The van der Waals surface area contributed by atoms with Crippen molar-refractivity contribution >= 4 is 16.9 Å². The third kappa shape index (κ3) is 2.97. The van der Waals surface area contributed by atoms with Gasteiger partial charge in [-0.05, 0) is 37.1 Å². The molecule has 3 aromatic rings. The number of carbonyl (C=O) groups is 1. The molecule has 0 saturated carbocycles. The summed E-state index contributed by atoms with van der Waals surface area (Å²) >= 11 is 0. The Labute approximate surface area is 139 Å². The Kier molecular flexibility index (Phi) is 3.90. The smallest absolute Gasteiger partial charge is 0.244 e. The number of hydrogen-bond acceptors (Lipinski definition) is 5. The number of hydrogen-bond donors (Lipinski definition) is 0. The molecule has 7 heteroatoms. The first-order valence-electron chi connectivity index (χ1n) is 8.11. The lowest BCUT2D eigenvalue weighted by Gasteiger charge is -2.31. The highest BCUT2D eigenvalue weighted by atomic mass is 16.2. The first-order valence-corrected chi connectivity index (χ1v) is 8.11. The van der Waals surface area contributed by atoms with E-state index in [4.69, 9.17) is 4.98 Å². The fourth-order valence-electron chi connectivity index (χ4n) is 3.17. The number of piperidine rings is 1. The number of carbonyl (C=O) groups excluding carboxylic acids is 1. The summed E-state index contributed by atoms with van der Waals surface area (Å²) in [4.78, 5) is 27.1. The zero-order valence-corrected chi connectivity index (χ0v) is 13.2. The molecule has 1 saturated heterocycles. The summed E-state index contributed by atoms with van der Waals surface area (Å²) in [5, 5.41) is 5.04. The van der Waals surface area contributed by atoms with E-state index in [1.165, 1.54) is 6.33 Å². The third-order valence-electron chi connectivity index (χ3n) is 4.52. The number of rotatable bonds is 3. The van der Waals surface area contributed by atoms with Gasteiger partial charge in [-0.25, -0.2) is 19.6 Å². The standard InChI is InChI=1S/C17H18N6O/c24-16(10-23-12-18-11-20-23)22-8-5-13(6-9-22)15-4-3-14-2-1-7-19-17(14)21-15/h1-4,7,11-13H,5-6,8-10H2. The molecule has 24 heavy (non-hydrogen) atoms.